The molecule has 1 aromatic heterocycles. The Balaban J connectivity index is 0.000000671. The minimum absolute atomic E-state index is 0.0973. The molecule has 0 aromatic carbocycles. The Morgan fingerprint density at radius 3 is 2.38 bits per heavy atom. The van der Waals surface area contributed by atoms with Gasteiger partial charge in [0.05, 0.1) is 5.69 Å². The van der Waals surface area contributed by atoms with Crippen LogP contribution in [-0.4, -0.2) is 12.0 Å². The Hall–Kier alpha value is -0.830. The van der Waals surface area contributed by atoms with Gasteiger partial charge in [0.1, 0.15) is 0 Å². The highest BCUT2D eigenvalue weighted by atomic mass is 35.5. The van der Waals surface area contributed by atoms with Gasteiger partial charge in [-0.2, -0.15) is 0 Å². The number of nitrogens with one attached hydrogen (secondary N) is 1. The number of halogens is 2. The maximum absolute atomic E-state index is 13.0. The van der Waals surface area contributed by atoms with Gasteiger partial charge in [-0.1, -0.05) is 25.4 Å². The van der Waals surface area contributed by atoms with Gasteiger partial charge in [0, 0.05) is 13.2 Å². The Morgan fingerprint density at radius 2 is 2.00 bits per heavy atom. The molecule has 2 nitrogen and oxygen atoms in total. The van der Waals surface area contributed by atoms with E-state index in [-0.39, 0.29) is 5.15 Å². The number of anilines is 1. The Morgan fingerprint density at radius 1 is 1.46 bits per heavy atom. The van der Waals surface area contributed by atoms with E-state index in [0.29, 0.717) is 5.69 Å². The van der Waals surface area contributed by atoms with Crippen molar-refractivity contribution >= 4 is 17.3 Å². The first-order chi connectivity index (χ1) is 6.16. The topological polar surface area (TPSA) is 24.9 Å². The summed E-state index contributed by atoms with van der Waals surface area (Å²) in [5, 5.41) is 2.61. The van der Waals surface area contributed by atoms with E-state index in [2.05, 4.69) is 10.3 Å². The number of aromatic nitrogens is 1. The summed E-state index contributed by atoms with van der Waals surface area (Å²) < 4.78 is 13.0. The zero-order valence-corrected chi connectivity index (χ0v) is 9.04. The van der Waals surface area contributed by atoms with Gasteiger partial charge < -0.3 is 5.32 Å². The van der Waals surface area contributed by atoms with Crippen molar-refractivity contribution in [1.82, 2.24) is 4.98 Å². The third kappa shape index (κ3) is 2.84. The van der Waals surface area contributed by atoms with Crippen LogP contribution < -0.4 is 5.32 Å². The summed E-state index contributed by atoms with van der Waals surface area (Å²) in [6, 6.07) is 0. The number of rotatable bonds is 1. The second kappa shape index (κ2) is 5.75. The number of nitrogens with zero attached hydrogens (tertiary/aromatic N) is 1. The molecule has 0 bridgehead atoms. The Bertz CT molecular complexity index is 277. The first-order valence-corrected chi connectivity index (χ1v) is 4.53. The predicted molar refractivity (Wildman–Crippen MR) is 54.8 cm³/mol. The molecule has 0 aliphatic heterocycles. The molecule has 4 heteroatoms. The van der Waals surface area contributed by atoms with E-state index >= 15 is 0 Å². The fourth-order valence-corrected chi connectivity index (χ4v) is 1.00. The molecule has 0 atom stereocenters. The van der Waals surface area contributed by atoms with Crippen LogP contribution in [0.4, 0.5) is 10.1 Å². The van der Waals surface area contributed by atoms with E-state index < -0.39 is 5.82 Å². The van der Waals surface area contributed by atoms with Gasteiger partial charge in [-0.05, 0) is 12.5 Å². The first-order valence-electron chi connectivity index (χ1n) is 4.15. The number of pyridine rings is 1. The summed E-state index contributed by atoms with van der Waals surface area (Å²) in [5.74, 6) is -0.492. The smallest absolute Gasteiger partial charge is 0.183 e. The molecule has 0 radical (unpaired) electrons. The van der Waals surface area contributed by atoms with Gasteiger partial charge in [0.25, 0.3) is 0 Å². The van der Waals surface area contributed by atoms with Crippen molar-refractivity contribution in [3.63, 3.8) is 0 Å². The molecular weight excluding hydrogens is 191 g/mol. The van der Waals surface area contributed by atoms with E-state index in [1.165, 1.54) is 6.20 Å². The molecule has 0 aliphatic rings. The first kappa shape index (κ1) is 12.2. The van der Waals surface area contributed by atoms with Crippen LogP contribution in [0.1, 0.15) is 19.4 Å². The maximum Gasteiger partial charge on any atom is 0.183 e. The van der Waals surface area contributed by atoms with Gasteiger partial charge in [0.2, 0.25) is 0 Å². The van der Waals surface area contributed by atoms with Crippen LogP contribution in [0, 0.1) is 12.7 Å². The van der Waals surface area contributed by atoms with Crippen LogP contribution in [-0.2, 0) is 0 Å². The number of hydrogen-bond acceptors (Lipinski definition) is 2. The lowest BCUT2D eigenvalue weighted by Gasteiger charge is -2.05. The second-order valence-corrected chi connectivity index (χ2v) is 2.53. The zero-order chi connectivity index (χ0) is 10.4. The summed E-state index contributed by atoms with van der Waals surface area (Å²) in [7, 11) is 1.64. The normalized spacial score (nSPS) is 8.77. The van der Waals surface area contributed by atoms with Crippen molar-refractivity contribution in [3.8, 4) is 0 Å². The Kier molecular flexibility index (Phi) is 5.39. The average molecular weight is 205 g/mol. The highest BCUT2D eigenvalue weighted by Crippen LogP contribution is 2.22. The Labute approximate surface area is 83.1 Å². The summed E-state index contributed by atoms with van der Waals surface area (Å²) in [5.41, 5.74) is 1.15. The fourth-order valence-electron chi connectivity index (χ4n) is 0.858. The molecule has 0 unspecified atom stereocenters. The number of aryl methyl sites for hydroxylation is 1. The van der Waals surface area contributed by atoms with Gasteiger partial charge in [-0.25, -0.2) is 9.37 Å². The fraction of sp³-hybridized carbons (Fsp3) is 0.444. The zero-order valence-electron chi connectivity index (χ0n) is 8.28. The van der Waals surface area contributed by atoms with Crippen LogP contribution in [0.3, 0.4) is 0 Å². The van der Waals surface area contributed by atoms with Crippen LogP contribution >= 0.6 is 11.6 Å². The third-order valence-corrected chi connectivity index (χ3v) is 1.68. The molecule has 1 rings (SSSR count). The van der Waals surface area contributed by atoms with Gasteiger partial charge >= 0.3 is 0 Å². The van der Waals surface area contributed by atoms with Crippen LogP contribution in [0.15, 0.2) is 6.20 Å². The molecule has 0 spiro atoms. The SMILES string of the molecule is CC.CNc1c(C)cnc(Cl)c1F. The minimum Gasteiger partial charge on any atom is -0.385 e. The summed E-state index contributed by atoms with van der Waals surface area (Å²) in [4.78, 5) is 3.64. The molecule has 1 heterocycles. The quantitative estimate of drug-likeness (QED) is 0.711. The van der Waals surface area contributed by atoms with Crippen LogP contribution in [0.25, 0.3) is 0 Å². The number of hydrogen-bond donors (Lipinski definition) is 1. The van der Waals surface area contributed by atoms with Gasteiger partial charge in [-0.15, -0.1) is 0 Å². The van der Waals surface area contributed by atoms with Crippen molar-refractivity contribution in [2.24, 2.45) is 0 Å². The molecule has 0 saturated carbocycles. The van der Waals surface area contributed by atoms with Gasteiger partial charge in [-0.3, -0.25) is 0 Å². The van der Waals surface area contributed by atoms with Crippen molar-refractivity contribution in [3.05, 3.63) is 22.7 Å². The molecule has 0 fully saturated rings. The predicted octanol–water partition coefficient (Wildman–Crippen LogP) is 3.25. The summed E-state index contributed by atoms with van der Waals surface area (Å²) >= 11 is 5.44. The summed E-state index contributed by atoms with van der Waals surface area (Å²) in [6.07, 6.45) is 1.53. The lowest BCUT2D eigenvalue weighted by molar-refractivity contribution is 0.624. The van der Waals surface area contributed by atoms with E-state index in [1.807, 2.05) is 13.8 Å². The molecule has 13 heavy (non-hydrogen) atoms. The standard InChI is InChI=1S/C7H8ClFN2.C2H6/c1-4-3-11-7(8)5(9)6(4)10-2;1-2/h3H,1-2H3,(H,10,11);1-2H3. The third-order valence-electron chi connectivity index (χ3n) is 1.42. The second-order valence-electron chi connectivity index (χ2n) is 2.17. The van der Waals surface area contributed by atoms with Gasteiger partial charge in [0.15, 0.2) is 11.0 Å². The van der Waals surface area contributed by atoms with Crippen molar-refractivity contribution in [2.45, 2.75) is 20.8 Å². The van der Waals surface area contributed by atoms with Crippen LogP contribution in [0.2, 0.25) is 5.15 Å². The van der Waals surface area contributed by atoms with Crippen molar-refractivity contribution in [2.75, 3.05) is 12.4 Å². The molecule has 1 aromatic rings. The molecule has 0 aliphatic carbocycles. The average Bonchev–Trinajstić information content (AvgIpc) is 2.16. The lowest BCUT2D eigenvalue weighted by Crippen LogP contribution is -1.97. The van der Waals surface area contributed by atoms with E-state index in [4.69, 9.17) is 11.6 Å². The van der Waals surface area contributed by atoms with Crippen molar-refractivity contribution in [1.29, 1.82) is 0 Å². The highest BCUT2D eigenvalue weighted by molar-refractivity contribution is 6.29. The molecule has 0 amide bonds. The summed E-state index contributed by atoms with van der Waals surface area (Å²) in [6.45, 7) is 5.76. The molecule has 1 N–H and O–H groups in total. The molecule has 74 valence electrons. The van der Waals surface area contributed by atoms with E-state index in [9.17, 15) is 4.39 Å². The maximum atomic E-state index is 13.0. The van der Waals surface area contributed by atoms with E-state index in [1.54, 1.807) is 14.0 Å². The lowest BCUT2D eigenvalue weighted by atomic mass is 10.2. The largest absolute Gasteiger partial charge is 0.385 e. The monoisotopic (exact) mass is 204 g/mol. The van der Waals surface area contributed by atoms with Crippen molar-refractivity contribution < 1.29 is 4.39 Å². The van der Waals surface area contributed by atoms with Crippen LogP contribution in [0.5, 0.6) is 0 Å². The molecular formula is C9H14ClFN2. The minimum atomic E-state index is -0.492. The van der Waals surface area contributed by atoms with E-state index in [0.717, 1.165) is 5.56 Å². The highest BCUT2D eigenvalue weighted by Gasteiger charge is 2.08. The molecule has 0 saturated heterocycles.